The molecule has 0 spiro atoms. The van der Waals surface area contributed by atoms with E-state index in [2.05, 4.69) is 5.32 Å². The van der Waals surface area contributed by atoms with Crippen molar-refractivity contribution in [3.63, 3.8) is 0 Å². The maximum Gasteiger partial charge on any atom is 0.251 e. The molecule has 2 aromatic carbocycles. The van der Waals surface area contributed by atoms with Crippen LogP contribution in [0.5, 0.6) is 0 Å². The molecule has 0 fully saturated rings. The average molecular weight is 381 g/mol. The topological polar surface area (TPSA) is 66.5 Å². The van der Waals surface area contributed by atoms with Gasteiger partial charge in [0, 0.05) is 17.1 Å². The van der Waals surface area contributed by atoms with Crippen LogP contribution in [0.15, 0.2) is 42.5 Å². The number of anilines is 1. The highest BCUT2D eigenvalue weighted by atomic mass is 35.5. The lowest BCUT2D eigenvalue weighted by Crippen LogP contribution is -2.38. The zero-order chi connectivity index (χ0) is 18.6. The lowest BCUT2D eigenvalue weighted by atomic mass is 10.1. The van der Waals surface area contributed by atoms with Crippen molar-refractivity contribution in [3.8, 4) is 0 Å². The minimum Gasteiger partial charge on any atom is -0.350 e. The maximum absolute atomic E-state index is 12.2. The molecule has 0 radical (unpaired) electrons. The van der Waals surface area contributed by atoms with E-state index in [0.29, 0.717) is 16.3 Å². The molecule has 0 unspecified atom stereocenters. The Morgan fingerprint density at radius 3 is 2.52 bits per heavy atom. The minimum atomic E-state index is -3.47. The Morgan fingerprint density at radius 2 is 1.88 bits per heavy atom. The second-order valence-electron chi connectivity index (χ2n) is 5.89. The van der Waals surface area contributed by atoms with Crippen LogP contribution in [0.25, 0.3) is 0 Å². The van der Waals surface area contributed by atoms with E-state index in [0.717, 1.165) is 17.4 Å². The Hall–Kier alpha value is -2.05. The Balaban J connectivity index is 2.12. The Bertz CT molecular complexity index is 882. The zero-order valence-corrected chi connectivity index (χ0v) is 16.0. The highest BCUT2D eigenvalue weighted by Gasteiger charge is 2.19. The number of sulfonamides is 1. The molecule has 0 saturated heterocycles. The molecule has 2 aromatic rings. The van der Waals surface area contributed by atoms with Crippen LogP contribution in [-0.2, 0) is 10.0 Å². The lowest BCUT2D eigenvalue weighted by Gasteiger charge is -2.24. The van der Waals surface area contributed by atoms with Gasteiger partial charge >= 0.3 is 0 Å². The Morgan fingerprint density at radius 1 is 1.16 bits per heavy atom. The van der Waals surface area contributed by atoms with Crippen LogP contribution in [0, 0.1) is 13.8 Å². The molecule has 2 rings (SSSR count). The maximum atomic E-state index is 12.2. The number of rotatable bonds is 6. The van der Waals surface area contributed by atoms with Crippen molar-refractivity contribution in [2.75, 3.05) is 23.7 Å². The number of aryl methyl sites for hydroxylation is 2. The largest absolute Gasteiger partial charge is 0.350 e. The van der Waals surface area contributed by atoms with Gasteiger partial charge in [0.05, 0.1) is 18.5 Å². The SMILES string of the molecule is Cc1ccc(C)c(N(CCNC(=O)c2cccc(Cl)c2)S(C)(=O)=O)c1. The molecule has 0 heterocycles. The summed E-state index contributed by atoms with van der Waals surface area (Å²) in [7, 11) is -3.47. The molecular weight excluding hydrogens is 360 g/mol. The highest BCUT2D eigenvalue weighted by molar-refractivity contribution is 7.92. The molecule has 0 aliphatic rings. The number of hydrogen-bond donors (Lipinski definition) is 1. The summed E-state index contributed by atoms with van der Waals surface area (Å²) in [5.74, 6) is -0.295. The van der Waals surface area contributed by atoms with E-state index < -0.39 is 10.0 Å². The van der Waals surface area contributed by atoms with Gasteiger partial charge in [0.1, 0.15) is 0 Å². The molecule has 5 nitrogen and oxygen atoms in total. The van der Waals surface area contributed by atoms with E-state index in [9.17, 15) is 13.2 Å². The van der Waals surface area contributed by atoms with Crippen LogP contribution < -0.4 is 9.62 Å². The normalized spacial score (nSPS) is 11.2. The van der Waals surface area contributed by atoms with Gasteiger partial charge in [0.15, 0.2) is 0 Å². The van der Waals surface area contributed by atoms with E-state index in [4.69, 9.17) is 11.6 Å². The number of benzene rings is 2. The summed E-state index contributed by atoms with van der Waals surface area (Å²) in [4.78, 5) is 12.1. The third kappa shape index (κ3) is 5.21. The van der Waals surface area contributed by atoms with Gasteiger partial charge in [-0.1, -0.05) is 29.8 Å². The summed E-state index contributed by atoms with van der Waals surface area (Å²) >= 11 is 5.88. The number of hydrogen-bond acceptors (Lipinski definition) is 3. The summed E-state index contributed by atoms with van der Waals surface area (Å²) in [6.45, 7) is 4.10. The molecule has 134 valence electrons. The first-order valence-electron chi connectivity index (χ1n) is 7.77. The minimum absolute atomic E-state index is 0.148. The Kier molecular flexibility index (Phi) is 6.08. The molecule has 0 bridgehead atoms. The fourth-order valence-corrected chi connectivity index (χ4v) is 3.62. The summed E-state index contributed by atoms with van der Waals surface area (Å²) in [6, 6.07) is 12.2. The number of amides is 1. The smallest absolute Gasteiger partial charge is 0.251 e. The molecule has 0 aliphatic carbocycles. The number of nitrogens with one attached hydrogen (secondary N) is 1. The lowest BCUT2D eigenvalue weighted by molar-refractivity contribution is 0.0955. The first kappa shape index (κ1) is 19.3. The molecule has 1 amide bonds. The highest BCUT2D eigenvalue weighted by Crippen LogP contribution is 2.23. The van der Waals surface area contributed by atoms with Gasteiger partial charge in [-0.3, -0.25) is 9.10 Å². The fraction of sp³-hybridized carbons (Fsp3) is 0.278. The molecule has 7 heteroatoms. The summed E-state index contributed by atoms with van der Waals surface area (Å²) in [5.41, 5.74) is 2.89. The predicted octanol–water partition coefficient (Wildman–Crippen LogP) is 3.15. The number of halogens is 1. The first-order valence-corrected chi connectivity index (χ1v) is 10.00. The standard InChI is InChI=1S/C18H21ClN2O3S/c1-13-7-8-14(2)17(11-13)21(25(3,23)24)10-9-20-18(22)15-5-4-6-16(19)12-15/h4-8,11-12H,9-10H2,1-3H3,(H,20,22). The molecule has 25 heavy (non-hydrogen) atoms. The van der Waals surface area contributed by atoms with Crippen LogP contribution >= 0.6 is 11.6 Å². The molecule has 1 N–H and O–H groups in total. The van der Waals surface area contributed by atoms with Gasteiger partial charge in [-0.25, -0.2) is 8.42 Å². The van der Waals surface area contributed by atoms with Crippen molar-refractivity contribution < 1.29 is 13.2 Å². The van der Waals surface area contributed by atoms with Gasteiger partial charge in [-0.05, 0) is 49.2 Å². The number of carbonyl (C=O) groups excluding carboxylic acids is 1. The van der Waals surface area contributed by atoms with E-state index in [1.54, 1.807) is 24.3 Å². The second kappa shape index (κ2) is 7.89. The number of carbonyl (C=O) groups is 1. The quantitative estimate of drug-likeness (QED) is 0.837. The average Bonchev–Trinajstić information content (AvgIpc) is 2.53. The summed E-state index contributed by atoms with van der Waals surface area (Å²) in [5, 5.41) is 3.20. The summed E-state index contributed by atoms with van der Waals surface area (Å²) < 4.78 is 25.7. The third-order valence-electron chi connectivity index (χ3n) is 3.72. The van der Waals surface area contributed by atoms with E-state index >= 15 is 0 Å². The van der Waals surface area contributed by atoms with Gasteiger partial charge in [0.2, 0.25) is 10.0 Å². The van der Waals surface area contributed by atoms with Crippen molar-refractivity contribution in [1.29, 1.82) is 0 Å². The van der Waals surface area contributed by atoms with Crippen LogP contribution in [0.2, 0.25) is 5.02 Å². The van der Waals surface area contributed by atoms with Crippen LogP contribution in [0.1, 0.15) is 21.5 Å². The second-order valence-corrected chi connectivity index (χ2v) is 8.23. The van der Waals surface area contributed by atoms with E-state index in [1.165, 1.54) is 4.31 Å². The van der Waals surface area contributed by atoms with Crippen molar-refractivity contribution >= 4 is 33.2 Å². The molecule has 0 aliphatic heterocycles. The molecule has 0 saturated carbocycles. The number of nitrogens with zero attached hydrogens (tertiary/aromatic N) is 1. The van der Waals surface area contributed by atoms with Crippen molar-refractivity contribution in [3.05, 3.63) is 64.2 Å². The zero-order valence-electron chi connectivity index (χ0n) is 14.4. The van der Waals surface area contributed by atoms with Gasteiger partial charge in [0.25, 0.3) is 5.91 Å². The van der Waals surface area contributed by atoms with Gasteiger partial charge in [-0.15, -0.1) is 0 Å². The van der Waals surface area contributed by atoms with Gasteiger partial charge in [-0.2, -0.15) is 0 Å². The Labute approximate surface area is 153 Å². The monoisotopic (exact) mass is 380 g/mol. The van der Waals surface area contributed by atoms with Crippen LogP contribution in [-0.4, -0.2) is 33.7 Å². The summed E-state index contributed by atoms with van der Waals surface area (Å²) in [6.07, 6.45) is 1.16. The van der Waals surface area contributed by atoms with Gasteiger partial charge < -0.3 is 5.32 Å². The van der Waals surface area contributed by atoms with Crippen molar-refractivity contribution in [2.45, 2.75) is 13.8 Å². The van der Waals surface area contributed by atoms with Crippen LogP contribution in [0.3, 0.4) is 0 Å². The fourth-order valence-electron chi connectivity index (χ4n) is 2.46. The predicted molar refractivity (Wildman–Crippen MR) is 102 cm³/mol. The third-order valence-corrected chi connectivity index (χ3v) is 5.14. The van der Waals surface area contributed by atoms with E-state index in [-0.39, 0.29) is 19.0 Å². The van der Waals surface area contributed by atoms with E-state index in [1.807, 2.05) is 32.0 Å². The van der Waals surface area contributed by atoms with Crippen molar-refractivity contribution in [2.24, 2.45) is 0 Å². The van der Waals surface area contributed by atoms with Crippen molar-refractivity contribution in [1.82, 2.24) is 5.32 Å². The molecular formula is C18H21ClN2O3S. The molecule has 0 aromatic heterocycles. The molecule has 0 atom stereocenters. The first-order chi connectivity index (χ1) is 11.7. The van der Waals surface area contributed by atoms with Crippen LogP contribution in [0.4, 0.5) is 5.69 Å².